The van der Waals surface area contributed by atoms with Gasteiger partial charge >= 0.3 is 5.97 Å². The normalized spacial score (nSPS) is 26.3. The molecular weight excluding hydrogens is 478 g/mol. The van der Waals surface area contributed by atoms with E-state index < -0.39 is 5.92 Å². The Kier molecular flexibility index (Phi) is 6.62. The number of aromatic nitrogens is 2. The first-order valence-electron chi connectivity index (χ1n) is 14.0. The number of carbonyl (C=O) groups excluding carboxylic acids is 2. The van der Waals surface area contributed by atoms with Gasteiger partial charge in [0.25, 0.3) is 5.91 Å². The van der Waals surface area contributed by atoms with Crippen LogP contribution in [0.3, 0.4) is 0 Å². The lowest BCUT2D eigenvalue weighted by Crippen LogP contribution is -2.51. The molecule has 4 aliphatic rings. The van der Waals surface area contributed by atoms with E-state index in [4.69, 9.17) is 14.5 Å². The molecule has 1 N–H and O–H groups in total. The summed E-state index contributed by atoms with van der Waals surface area (Å²) in [6.07, 6.45) is 10.2. The van der Waals surface area contributed by atoms with Crippen molar-refractivity contribution >= 4 is 17.5 Å². The second-order valence-electron chi connectivity index (χ2n) is 11.8. The number of amides is 1. The van der Waals surface area contributed by atoms with Crippen LogP contribution in [0.2, 0.25) is 0 Å². The van der Waals surface area contributed by atoms with Gasteiger partial charge in [-0.05, 0) is 105 Å². The van der Waals surface area contributed by atoms with E-state index >= 15 is 0 Å². The molecule has 7 rings (SSSR count). The van der Waals surface area contributed by atoms with Crippen molar-refractivity contribution in [3.05, 3.63) is 65.6 Å². The molecule has 1 unspecified atom stereocenters. The monoisotopic (exact) mass is 515 g/mol. The number of nitrogens with zero attached hydrogens (tertiary/aromatic N) is 2. The second kappa shape index (κ2) is 10.1. The van der Waals surface area contributed by atoms with E-state index in [2.05, 4.69) is 5.32 Å². The number of nitrogens with one attached hydrogen (secondary N) is 1. The van der Waals surface area contributed by atoms with Crippen molar-refractivity contribution in [1.29, 1.82) is 0 Å². The Hall–Kier alpha value is -3.35. The van der Waals surface area contributed by atoms with Crippen LogP contribution in [0.25, 0.3) is 5.65 Å². The first-order valence-corrected chi connectivity index (χ1v) is 14.0. The van der Waals surface area contributed by atoms with Gasteiger partial charge in [-0.15, -0.1) is 0 Å². The molecule has 4 bridgehead atoms. The number of esters is 1. The fraction of sp³-hybridized carbons (Fsp3) is 0.516. The molecule has 7 nitrogen and oxygen atoms in total. The molecule has 200 valence electrons. The highest BCUT2D eigenvalue weighted by Crippen LogP contribution is 2.59. The summed E-state index contributed by atoms with van der Waals surface area (Å²) < 4.78 is 12.5. The van der Waals surface area contributed by atoms with Crippen molar-refractivity contribution in [3.8, 4) is 5.75 Å². The average Bonchev–Trinajstić information content (AvgIpc) is 3.34. The fourth-order valence-electron chi connectivity index (χ4n) is 7.80. The SMILES string of the molecule is CCOC(=O)C(Cc1ccc(OC)cc1)c1cn2c(C(=O)NCC34CC5CC(CC(C5)C3)C4)cccc2n1. The smallest absolute Gasteiger partial charge is 0.315 e. The van der Waals surface area contributed by atoms with E-state index in [9.17, 15) is 9.59 Å². The van der Waals surface area contributed by atoms with Crippen LogP contribution in [0.4, 0.5) is 0 Å². The number of benzene rings is 1. The molecule has 2 aromatic heterocycles. The van der Waals surface area contributed by atoms with Gasteiger partial charge in [0.1, 0.15) is 23.0 Å². The van der Waals surface area contributed by atoms with Gasteiger partial charge in [-0.3, -0.25) is 14.0 Å². The fourth-order valence-corrected chi connectivity index (χ4v) is 7.80. The first-order chi connectivity index (χ1) is 18.4. The molecule has 3 aromatic rings. The molecule has 1 amide bonds. The Bertz CT molecular complexity index is 1290. The van der Waals surface area contributed by atoms with Crippen molar-refractivity contribution in [2.75, 3.05) is 20.3 Å². The highest BCUT2D eigenvalue weighted by molar-refractivity contribution is 5.93. The lowest BCUT2D eigenvalue weighted by atomic mass is 9.49. The predicted octanol–water partition coefficient (Wildman–Crippen LogP) is 5.18. The van der Waals surface area contributed by atoms with Crippen LogP contribution >= 0.6 is 0 Å². The first kappa shape index (κ1) is 25.0. The molecule has 7 heteroatoms. The van der Waals surface area contributed by atoms with E-state index in [1.165, 1.54) is 38.5 Å². The number of rotatable bonds is 9. The minimum absolute atomic E-state index is 0.0851. The molecule has 0 saturated heterocycles. The Labute approximate surface area is 223 Å². The summed E-state index contributed by atoms with van der Waals surface area (Å²) in [5.41, 5.74) is 3.03. The zero-order chi connectivity index (χ0) is 26.3. The third-order valence-corrected chi connectivity index (χ3v) is 9.06. The van der Waals surface area contributed by atoms with Crippen molar-refractivity contribution < 1.29 is 19.1 Å². The van der Waals surface area contributed by atoms with E-state index in [1.54, 1.807) is 14.0 Å². The zero-order valence-corrected chi connectivity index (χ0v) is 22.3. The second-order valence-corrected chi connectivity index (χ2v) is 11.8. The lowest BCUT2D eigenvalue weighted by molar-refractivity contribution is -0.145. The van der Waals surface area contributed by atoms with Crippen LogP contribution < -0.4 is 10.1 Å². The third kappa shape index (κ3) is 4.79. The van der Waals surface area contributed by atoms with Crippen molar-refractivity contribution in [2.45, 2.75) is 57.8 Å². The Morgan fingerprint density at radius 3 is 2.37 bits per heavy atom. The van der Waals surface area contributed by atoms with Gasteiger partial charge in [0.05, 0.1) is 19.4 Å². The van der Waals surface area contributed by atoms with Gasteiger partial charge < -0.3 is 14.8 Å². The van der Waals surface area contributed by atoms with E-state index in [1.807, 2.05) is 53.1 Å². The van der Waals surface area contributed by atoms with Gasteiger partial charge in [0.2, 0.25) is 0 Å². The molecule has 38 heavy (non-hydrogen) atoms. The number of ether oxygens (including phenoxy) is 2. The zero-order valence-electron chi connectivity index (χ0n) is 22.3. The topological polar surface area (TPSA) is 81.9 Å². The molecular formula is C31H37N3O4. The largest absolute Gasteiger partial charge is 0.497 e. The summed E-state index contributed by atoms with van der Waals surface area (Å²) in [4.78, 5) is 31.2. The maximum Gasteiger partial charge on any atom is 0.315 e. The van der Waals surface area contributed by atoms with E-state index in [0.29, 0.717) is 30.1 Å². The van der Waals surface area contributed by atoms with Gasteiger partial charge in [0, 0.05) is 12.7 Å². The van der Waals surface area contributed by atoms with Crippen molar-refractivity contribution in [2.24, 2.45) is 23.2 Å². The van der Waals surface area contributed by atoms with Gasteiger partial charge in [-0.2, -0.15) is 0 Å². The van der Waals surface area contributed by atoms with Crippen molar-refractivity contribution in [3.63, 3.8) is 0 Å². The molecule has 4 saturated carbocycles. The van der Waals surface area contributed by atoms with Crippen LogP contribution in [-0.2, 0) is 16.0 Å². The number of hydrogen-bond acceptors (Lipinski definition) is 5. The third-order valence-electron chi connectivity index (χ3n) is 9.06. The molecule has 1 aromatic carbocycles. The van der Waals surface area contributed by atoms with Crippen molar-refractivity contribution in [1.82, 2.24) is 14.7 Å². The summed E-state index contributed by atoms with van der Waals surface area (Å²) in [6, 6.07) is 13.2. The average molecular weight is 516 g/mol. The van der Waals surface area contributed by atoms with E-state index in [-0.39, 0.29) is 17.3 Å². The molecule has 0 aliphatic heterocycles. The standard InChI is InChI=1S/C31H37N3O4/c1-3-38-30(36)25(14-20-7-9-24(37-2)10-8-20)26-18-34-27(5-4-6-28(34)33-26)29(35)32-19-31-15-21-11-22(16-31)13-23(12-21)17-31/h4-10,18,21-23,25H,3,11-17,19H2,1-2H3,(H,32,35). The molecule has 0 radical (unpaired) electrons. The van der Waals surface area contributed by atoms with Gasteiger partial charge in [0.15, 0.2) is 0 Å². The van der Waals surface area contributed by atoms with Gasteiger partial charge in [-0.1, -0.05) is 18.2 Å². The van der Waals surface area contributed by atoms with Crippen LogP contribution in [0.5, 0.6) is 5.75 Å². The lowest BCUT2D eigenvalue weighted by Gasteiger charge is -2.56. The Morgan fingerprint density at radius 1 is 1.05 bits per heavy atom. The molecule has 4 fully saturated rings. The van der Waals surface area contributed by atoms with Crippen LogP contribution in [-0.4, -0.2) is 41.5 Å². The van der Waals surface area contributed by atoms with Gasteiger partial charge in [-0.25, -0.2) is 4.98 Å². The molecule has 0 spiro atoms. The number of hydrogen-bond donors (Lipinski definition) is 1. The number of pyridine rings is 1. The number of fused-ring (bicyclic) bond motifs is 1. The predicted molar refractivity (Wildman–Crippen MR) is 144 cm³/mol. The van der Waals surface area contributed by atoms with E-state index in [0.717, 1.165) is 35.6 Å². The highest BCUT2D eigenvalue weighted by Gasteiger charge is 2.50. The minimum atomic E-state index is -0.578. The van der Waals surface area contributed by atoms with Crippen LogP contribution in [0.1, 0.15) is 73.1 Å². The quantitative estimate of drug-likeness (QED) is 0.397. The number of methoxy groups -OCH3 is 1. The summed E-state index contributed by atoms with van der Waals surface area (Å²) in [7, 11) is 1.63. The molecule has 4 aliphatic carbocycles. The minimum Gasteiger partial charge on any atom is -0.497 e. The molecule has 2 heterocycles. The molecule has 1 atom stereocenters. The highest BCUT2D eigenvalue weighted by atomic mass is 16.5. The summed E-state index contributed by atoms with van der Waals surface area (Å²) in [6.45, 7) is 2.84. The van der Waals surface area contributed by atoms with Crippen LogP contribution in [0, 0.1) is 23.2 Å². The Morgan fingerprint density at radius 2 is 1.74 bits per heavy atom. The summed E-state index contributed by atoms with van der Waals surface area (Å²) >= 11 is 0. The summed E-state index contributed by atoms with van der Waals surface area (Å²) in [5, 5.41) is 3.29. The maximum atomic E-state index is 13.5. The van der Waals surface area contributed by atoms with Crippen LogP contribution in [0.15, 0.2) is 48.7 Å². The maximum absolute atomic E-state index is 13.5. The number of carbonyl (C=O) groups is 2. The Balaban J connectivity index is 1.23. The number of imidazole rings is 1. The summed E-state index contributed by atoms with van der Waals surface area (Å²) in [5.74, 6) is 2.33.